The van der Waals surface area contributed by atoms with Gasteiger partial charge < -0.3 is 0 Å². The van der Waals surface area contributed by atoms with Gasteiger partial charge in [-0.1, -0.05) is 24.1 Å². The average Bonchev–Trinajstić information content (AvgIpc) is 2.41. The minimum absolute atomic E-state index is 0.136. The molecule has 0 bridgehead atoms. The van der Waals surface area contributed by atoms with Crippen LogP contribution in [0.15, 0.2) is 29.2 Å². The molecule has 1 heterocycles. The molecule has 72 valence electrons. The van der Waals surface area contributed by atoms with Crippen molar-refractivity contribution in [2.45, 2.75) is 11.4 Å². The van der Waals surface area contributed by atoms with Gasteiger partial charge in [-0.05, 0) is 11.6 Å². The zero-order chi connectivity index (χ0) is 10.2. The molecule has 0 atom stereocenters. The summed E-state index contributed by atoms with van der Waals surface area (Å²) in [7, 11) is -3.32. The summed E-state index contributed by atoms with van der Waals surface area (Å²) >= 11 is 0. The van der Waals surface area contributed by atoms with Gasteiger partial charge in [0.15, 0.2) is 0 Å². The van der Waals surface area contributed by atoms with Gasteiger partial charge in [0.05, 0.1) is 11.4 Å². The summed E-state index contributed by atoms with van der Waals surface area (Å²) in [6, 6.07) is 6.97. The van der Waals surface area contributed by atoms with Crippen molar-refractivity contribution in [3.8, 4) is 12.3 Å². The van der Waals surface area contributed by atoms with Gasteiger partial charge in [0.2, 0.25) is 10.0 Å². The van der Waals surface area contributed by atoms with E-state index >= 15 is 0 Å². The molecule has 0 unspecified atom stereocenters. The molecule has 3 nitrogen and oxygen atoms in total. The van der Waals surface area contributed by atoms with E-state index in [0.29, 0.717) is 11.4 Å². The van der Waals surface area contributed by atoms with Gasteiger partial charge >= 0.3 is 0 Å². The zero-order valence-corrected chi connectivity index (χ0v) is 8.29. The number of benzene rings is 1. The molecule has 0 fully saturated rings. The minimum Gasteiger partial charge on any atom is -0.207 e. The predicted octanol–water partition coefficient (Wildman–Crippen LogP) is 0.824. The molecule has 0 saturated carbocycles. The summed E-state index contributed by atoms with van der Waals surface area (Å²) in [6.45, 7) is 0.528. The third-order valence-electron chi connectivity index (χ3n) is 2.20. The zero-order valence-electron chi connectivity index (χ0n) is 7.47. The Balaban J connectivity index is 2.52. The highest BCUT2D eigenvalue weighted by atomic mass is 32.2. The fourth-order valence-corrected chi connectivity index (χ4v) is 3.09. The Morgan fingerprint density at radius 3 is 2.79 bits per heavy atom. The Morgan fingerprint density at radius 1 is 1.43 bits per heavy atom. The highest BCUT2D eigenvalue weighted by Crippen LogP contribution is 2.28. The SMILES string of the molecule is C#CCN1Cc2ccccc2S1(=O)=O. The highest BCUT2D eigenvalue weighted by molar-refractivity contribution is 7.89. The lowest BCUT2D eigenvalue weighted by Crippen LogP contribution is -2.24. The summed E-state index contributed by atoms with van der Waals surface area (Å²) in [5.41, 5.74) is 0.822. The number of sulfonamides is 1. The molecule has 0 aromatic heterocycles. The van der Waals surface area contributed by atoms with Crippen LogP contribution in [0.3, 0.4) is 0 Å². The maximum absolute atomic E-state index is 11.8. The van der Waals surface area contributed by atoms with Crippen LogP contribution >= 0.6 is 0 Å². The first-order chi connectivity index (χ1) is 6.66. The minimum atomic E-state index is -3.32. The second kappa shape index (κ2) is 3.12. The maximum atomic E-state index is 11.8. The first-order valence-corrected chi connectivity index (χ1v) is 5.62. The second-order valence-corrected chi connectivity index (χ2v) is 4.99. The number of hydrogen-bond acceptors (Lipinski definition) is 2. The first-order valence-electron chi connectivity index (χ1n) is 4.18. The number of fused-ring (bicyclic) bond motifs is 1. The third kappa shape index (κ3) is 1.22. The summed E-state index contributed by atoms with van der Waals surface area (Å²) in [4.78, 5) is 0.384. The standard InChI is InChI=1S/C10H9NO2S/c1-2-7-11-8-9-5-3-4-6-10(9)14(11,12)13/h1,3-6H,7-8H2. The van der Waals surface area contributed by atoms with Gasteiger partial charge in [-0.15, -0.1) is 6.42 Å². The van der Waals surface area contributed by atoms with Crippen LogP contribution in [0.5, 0.6) is 0 Å². The van der Waals surface area contributed by atoms with Crippen LogP contribution in [-0.4, -0.2) is 19.3 Å². The van der Waals surface area contributed by atoms with E-state index in [0.717, 1.165) is 5.56 Å². The molecule has 2 rings (SSSR count). The van der Waals surface area contributed by atoms with Crippen LogP contribution in [-0.2, 0) is 16.6 Å². The van der Waals surface area contributed by atoms with Crippen molar-refractivity contribution in [2.24, 2.45) is 0 Å². The Labute approximate surface area is 83.4 Å². The summed E-state index contributed by atoms with van der Waals surface area (Å²) < 4.78 is 24.9. The molecule has 0 radical (unpaired) electrons. The van der Waals surface area contributed by atoms with Gasteiger partial charge in [0.1, 0.15) is 0 Å². The molecule has 0 amide bonds. The lowest BCUT2D eigenvalue weighted by Gasteiger charge is -2.09. The van der Waals surface area contributed by atoms with Crippen LogP contribution in [0.2, 0.25) is 0 Å². The Morgan fingerprint density at radius 2 is 2.14 bits per heavy atom. The van der Waals surface area contributed by atoms with Gasteiger partial charge in [0, 0.05) is 6.54 Å². The Bertz CT molecular complexity index is 499. The quantitative estimate of drug-likeness (QED) is 0.639. The fraction of sp³-hybridized carbons (Fsp3) is 0.200. The van der Waals surface area contributed by atoms with E-state index in [-0.39, 0.29) is 6.54 Å². The molecule has 1 aliphatic heterocycles. The molecule has 14 heavy (non-hydrogen) atoms. The molecule has 1 aliphatic rings. The van der Waals surface area contributed by atoms with E-state index in [2.05, 4.69) is 5.92 Å². The predicted molar refractivity (Wildman–Crippen MR) is 52.9 cm³/mol. The van der Waals surface area contributed by atoms with Gasteiger partial charge in [-0.2, -0.15) is 4.31 Å². The molecule has 1 aromatic rings. The van der Waals surface area contributed by atoms with Gasteiger partial charge in [-0.3, -0.25) is 0 Å². The van der Waals surface area contributed by atoms with E-state index in [4.69, 9.17) is 6.42 Å². The number of terminal acetylenes is 1. The van der Waals surface area contributed by atoms with Crippen LogP contribution in [0, 0.1) is 12.3 Å². The summed E-state index contributed by atoms with van der Waals surface area (Å²) in [5.74, 6) is 2.35. The van der Waals surface area contributed by atoms with Crippen molar-refractivity contribution in [2.75, 3.05) is 6.54 Å². The van der Waals surface area contributed by atoms with Crippen molar-refractivity contribution >= 4 is 10.0 Å². The molecule has 0 aliphatic carbocycles. The van der Waals surface area contributed by atoms with E-state index in [1.54, 1.807) is 12.1 Å². The Kier molecular flexibility index (Phi) is 2.06. The van der Waals surface area contributed by atoms with Crippen LogP contribution in [0.1, 0.15) is 5.56 Å². The van der Waals surface area contributed by atoms with Crippen molar-refractivity contribution in [3.63, 3.8) is 0 Å². The summed E-state index contributed by atoms with van der Waals surface area (Å²) in [5, 5.41) is 0. The molecular weight excluding hydrogens is 198 g/mol. The van der Waals surface area contributed by atoms with Crippen molar-refractivity contribution < 1.29 is 8.42 Å². The van der Waals surface area contributed by atoms with E-state index in [1.165, 1.54) is 4.31 Å². The molecule has 0 N–H and O–H groups in total. The van der Waals surface area contributed by atoms with Crippen LogP contribution < -0.4 is 0 Å². The van der Waals surface area contributed by atoms with Crippen LogP contribution in [0.25, 0.3) is 0 Å². The van der Waals surface area contributed by atoms with E-state index < -0.39 is 10.0 Å². The third-order valence-corrected chi connectivity index (χ3v) is 4.10. The summed E-state index contributed by atoms with van der Waals surface area (Å²) in [6.07, 6.45) is 5.11. The van der Waals surface area contributed by atoms with Crippen LogP contribution in [0.4, 0.5) is 0 Å². The average molecular weight is 207 g/mol. The lowest BCUT2D eigenvalue weighted by molar-refractivity contribution is 0.464. The topological polar surface area (TPSA) is 37.4 Å². The lowest BCUT2D eigenvalue weighted by atomic mass is 10.2. The maximum Gasteiger partial charge on any atom is 0.244 e. The highest BCUT2D eigenvalue weighted by Gasteiger charge is 2.33. The first kappa shape index (κ1) is 9.25. The number of nitrogens with zero attached hydrogens (tertiary/aromatic N) is 1. The van der Waals surface area contributed by atoms with Gasteiger partial charge in [-0.25, -0.2) is 8.42 Å². The van der Waals surface area contributed by atoms with Crippen molar-refractivity contribution in [3.05, 3.63) is 29.8 Å². The van der Waals surface area contributed by atoms with Crippen molar-refractivity contribution in [1.82, 2.24) is 4.31 Å². The number of hydrogen-bond donors (Lipinski definition) is 0. The van der Waals surface area contributed by atoms with Gasteiger partial charge in [0.25, 0.3) is 0 Å². The largest absolute Gasteiger partial charge is 0.244 e. The normalized spacial score (nSPS) is 18.8. The second-order valence-electron chi connectivity index (χ2n) is 3.08. The molecular formula is C10H9NO2S. The number of rotatable bonds is 1. The van der Waals surface area contributed by atoms with E-state index in [9.17, 15) is 8.42 Å². The fourth-order valence-electron chi connectivity index (χ4n) is 1.54. The molecule has 1 aromatic carbocycles. The monoisotopic (exact) mass is 207 g/mol. The smallest absolute Gasteiger partial charge is 0.207 e. The molecule has 0 saturated heterocycles. The molecule has 4 heteroatoms. The van der Waals surface area contributed by atoms with Crippen molar-refractivity contribution in [1.29, 1.82) is 0 Å². The Hall–Kier alpha value is -1.31. The van der Waals surface area contributed by atoms with E-state index in [1.807, 2.05) is 12.1 Å². The molecule has 0 spiro atoms.